The van der Waals surface area contributed by atoms with Gasteiger partial charge in [0.05, 0.1) is 11.6 Å². The average molecular weight is 361 g/mol. The van der Waals surface area contributed by atoms with Crippen LogP contribution in [0.3, 0.4) is 0 Å². The summed E-state index contributed by atoms with van der Waals surface area (Å²) in [6, 6.07) is 16.4. The highest BCUT2D eigenvalue weighted by atomic mass is 19.1. The molecule has 7 heteroatoms. The van der Waals surface area contributed by atoms with E-state index in [0.29, 0.717) is 22.9 Å². The average Bonchev–Trinajstić information content (AvgIpc) is 2.67. The van der Waals surface area contributed by atoms with Crippen LogP contribution in [0, 0.1) is 24.1 Å². The Morgan fingerprint density at radius 2 is 1.93 bits per heavy atom. The van der Waals surface area contributed by atoms with Gasteiger partial charge in [-0.2, -0.15) is 5.26 Å². The molecular formula is C20H16FN5O. The molecule has 0 aliphatic heterocycles. The third-order valence-electron chi connectivity index (χ3n) is 3.70. The number of rotatable bonds is 5. The number of nitriles is 1. The van der Waals surface area contributed by atoms with Crippen molar-refractivity contribution in [3.8, 4) is 6.07 Å². The monoisotopic (exact) mass is 361 g/mol. The van der Waals surface area contributed by atoms with Crippen LogP contribution >= 0.6 is 0 Å². The molecule has 1 amide bonds. The molecule has 1 aromatic heterocycles. The maximum atomic E-state index is 12.9. The molecule has 3 rings (SSSR count). The molecule has 0 saturated heterocycles. The molecule has 0 radical (unpaired) electrons. The molecule has 2 aromatic carbocycles. The van der Waals surface area contributed by atoms with E-state index in [9.17, 15) is 9.18 Å². The Morgan fingerprint density at radius 3 is 2.67 bits per heavy atom. The lowest BCUT2D eigenvalue weighted by molar-refractivity contribution is 0.0945. The number of benzene rings is 2. The van der Waals surface area contributed by atoms with E-state index >= 15 is 0 Å². The maximum absolute atomic E-state index is 12.9. The lowest BCUT2D eigenvalue weighted by atomic mass is 10.2. The minimum atomic E-state index is -0.362. The fraction of sp³-hybridized carbons (Fsp3) is 0.100. The summed E-state index contributed by atoms with van der Waals surface area (Å²) in [5.41, 5.74) is 2.19. The van der Waals surface area contributed by atoms with Crippen molar-refractivity contribution in [3.63, 3.8) is 0 Å². The van der Waals surface area contributed by atoms with Gasteiger partial charge < -0.3 is 10.6 Å². The van der Waals surface area contributed by atoms with E-state index < -0.39 is 0 Å². The molecule has 2 N–H and O–H groups in total. The molecule has 0 spiro atoms. The summed E-state index contributed by atoms with van der Waals surface area (Å²) in [6.45, 7) is 1.95. The molecule has 1 heterocycles. The van der Waals surface area contributed by atoms with Crippen molar-refractivity contribution in [2.45, 2.75) is 13.5 Å². The first kappa shape index (κ1) is 18.0. The van der Waals surface area contributed by atoms with E-state index in [4.69, 9.17) is 5.26 Å². The lowest BCUT2D eigenvalue weighted by Crippen LogP contribution is -2.24. The fourth-order valence-corrected chi connectivity index (χ4v) is 2.44. The highest BCUT2D eigenvalue weighted by Gasteiger charge is 2.11. The van der Waals surface area contributed by atoms with Crippen LogP contribution in [0.5, 0.6) is 0 Å². The number of nitrogens with one attached hydrogen (secondary N) is 2. The molecule has 6 nitrogen and oxygen atoms in total. The molecule has 0 unspecified atom stereocenters. The zero-order valence-corrected chi connectivity index (χ0v) is 14.5. The van der Waals surface area contributed by atoms with Crippen LogP contribution in [-0.2, 0) is 6.54 Å². The molecule has 0 atom stereocenters. The van der Waals surface area contributed by atoms with E-state index in [1.165, 1.54) is 18.2 Å². The van der Waals surface area contributed by atoms with Gasteiger partial charge in [-0.15, -0.1) is 0 Å². The van der Waals surface area contributed by atoms with Crippen molar-refractivity contribution in [2.24, 2.45) is 0 Å². The standard InChI is InChI=1S/C20H16FN5O/c1-13-24-18(20(27)23-12-14-5-7-16(21)8-6-14)10-19(25-13)26-17-4-2-3-15(9-17)11-22/h2-10H,12H2,1H3,(H,23,27)(H,24,25,26). The Bertz CT molecular complexity index is 1010. The summed E-state index contributed by atoms with van der Waals surface area (Å²) in [4.78, 5) is 20.8. The minimum absolute atomic E-state index is 0.212. The van der Waals surface area contributed by atoms with E-state index in [-0.39, 0.29) is 24.0 Å². The van der Waals surface area contributed by atoms with Gasteiger partial charge >= 0.3 is 0 Å². The lowest BCUT2D eigenvalue weighted by Gasteiger charge is -2.09. The second-order valence-electron chi connectivity index (χ2n) is 5.81. The first-order valence-corrected chi connectivity index (χ1v) is 8.19. The van der Waals surface area contributed by atoms with Crippen LogP contribution in [0.1, 0.15) is 27.4 Å². The fourth-order valence-electron chi connectivity index (χ4n) is 2.44. The quantitative estimate of drug-likeness (QED) is 0.726. The number of anilines is 2. The van der Waals surface area contributed by atoms with Gasteiger partial charge in [-0.1, -0.05) is 18.2 Å². The Hall–Kier alpha value is -3.79. The number of carbonyl (C=O) groups excluding carboxylic acids is 1. The van der Waals surface area contributed by atoms with Crippen LogP contribution < -0.4 is 10.6 Å². The van der Waals surface area contributed by atoms with Crippen molar-refractivity contribution in [3.05, 3.63) is 83.1 Å². The molecule has 0 bridgehead atoms. The molecule has 0 aliphatic carbocycles. The van der Waals surface area contributed by atoms with Gasteiger partial charge in [-0.3, -0.25) is 4.79 Å². The number of nitrogens with zero attached hydrogens (tertiary/aromatic N) is 3. The number of hydrogen-bond donors (Lipinski definition) is 2. The van der Waals surface area contributed by atoms with E-state index in [0.717, 1.165) is 5.56 Å². The summed E-state index contributed by atoms with van der Waals surface area (Å²) in [7, 11) is 0. The topological polar surface area (TPSA) is 90.7 Å². The number of aryl methyl sites for hydroxylation is 1. The Labute approximate surface area is 155 Å². The van der Waals surface area contributed by atoms with Crippen LogP contribution in [0.15, 0.2) is 54.6 Å². The van der Waals surface area contributed by atoms with Gasteiger partial charge in [-0.25, -0.2) is 14.4 Å². The molecule has 27 heavy (non-hydrogen) atoms. The predicted molar refractivity (Wildman–Crippen MR) is 98.8 cm³/mol. The van der Waals surface area contributed by atoms with Gasteiger partial charge in [0.2, 0.25) is 0 Å². The zero-order valence-electron chi connectivity index (χ0n) is 14.5. The second kappa shape index (κ2) is 8.06. The van der Waals surface area contributed by atoms with Crippen LogP contribution in [0.4, 0.5) is 15.9 Å². The van der Waals surface area contributed by atoms with Crippen LogP contribution in [0.25, 0.3) is 0 Å². The minimum Gasteiger partial charge on any atom is -0.347 e. The van der Waals surface area contributed by atoms with E-state index in [2.05, 4.69) is 26.7 Å². The van der Waals surface area contributed by atoms with E-state index in [1.54, 1.807) is 43.3 Å². The number of carbonyl (C=O) groups is 1. The van der Waals surface area contributed by atoms with Gasteiger partial charge in [0, 0.05) is 18.3 Å². The van der Waals surface area contributed by atoms with Gasteiger partial charge in [0.25, 0.3) is 5.91 Å². The maximum Gasteiger partial charge on any atom is 0.270 e. The summed E-state index contributed by atoms with van der Waals surface area (Å²) in [6.07, 6.45) is 0. The Balaban J connectivity index is 1.73. The highest BCUT2D eigenvalue weighted by molar-refractivity contribution is 5.93. The van der Waals surface area contributed by atoms with Crippen LogP contribution in [0.2, 0.25) is 0 Å². The van der Waals surface area contributed by atoms with Crippen molar-refractivity contribution >= 4 is 17.4 Å². The molecule has 0 saturated carbocycles. The largest absolute Gasteiger partial charge is 0.347 e. The zero-order chi connectivity index (χ0) is 19.2. The van der Waals surface area contributed by atoms with Crippen molar-refractivity contribution in [2.75, 3.05) is 5.32 Å². The third-order valence-corrected chi connectivity index (χ3v) is 3.70. The summed E-state index contributed by atoms with van der Waals surface area (Å²) >= 11 is 0. The predicted octanol–water partition coefficient (Wildman–Crippen LogP) is 3.47. The molecule has 0 fully saturated rings. The number of amides is 1. The Kier molecular flexibility index (Phi) is 5.38. The Morgan fingerprint density at radius 1 is 1.15 bits per heavy atom. The number of aromatic nitrogens is 2. The third kappa shape index (κ3) is 4.86. The number of hydrogen-bond acceptors (Lipinski definition) is 5. The number of halogens is 1. The van der Waals surface area contributed by atoms with Crippen molar-refractivity contribution < 1.29 is 9.18 Å². The van der Waals surface area contributed by atoms with Gasteiger partial charge in [0.1, 0.15) is 23.2 Å². The smallest absolute Gasteiger partial charge is 0.270 e. The molecule has 3 aromatic rings. The molecular weight excluding hydrogens is 345 g/mol. The van der Waals surface area contributed by atoms with Crippen LogP contribution in [-0.4, -0.2) is 15.9 Å². The summed E-state index contributed by atoms with van der Waals surface area (Å²) in [5.74, 6) is 0.194. The summed E-state index contributed by atoms with van der Waals surface area (Å²) < 4.78 is 12.9. The molecule has 134 valence electrons. The second-order valence-corrected chi connectivity index (χ2v) is 5.81. The molecule has 0 aliphatic rings. The van der Waals surface area contributed by atoms with Gasteiger partial charge in [-0.05, 0) is 42.8 Å². The van der Waals surface area contributed by atoms with Crippen molar-refractivity contribution in [1.29, 1.82) is 5.26 Å². The van der Waals surface area contributed by atoms with Crippen molar-refractivity contribution in [1.82, 2.24) is 15.3 Å². The van der Waals surface area contributed by atoms with Gasteiger partial charge in [0.15, 0.2) is 0 Å². The van der Waals surface area contributed by atoms with E-state index in [1.807, 2.05) is 0 Å². The first-order chi connectivity index (χ1) is 13.0. The summed E-state index contributed by atoms with van der Waals surface area (Å²) in [5, 5.41) is 14.8. The normalized spacial score (nSPS) is 10.1. The SMILES string of the molecule is Cc1nc(Nc2cccc(C#N)c2)cc(C(=O)NCc2ccc(F)cc2)n1. The highest BCUT2D eigenvalue weighted by Crippen LogP contribution is 2.17. The first-order valence-electron chi connectivity index (χ1n) is 8.19.